The Kier molecular flexibility index (Phi) is 3.35. The third-order valence-electron chi connectivity index (χ3n) is 3.02. The number of aliphatic hydroxyl groups excluding tert-OH is 1. The van der Waals surface area contributed by atoms with Crippen molar-refractivity contribution >= 4 is 12.4 Å². The first-order valence-electron chi connectivity index (χ1n) is 4.52. The Morgan fingerprint density at radius 2 is 1.83 bits per heavy atom. The molecule has 0 aromatic heterocycles. The number of hydrogen-bond donors (Lipinski definition) is 3. The van der Waals surface area contributed by atoms with Gasteiger partial charge in [-0.05, 0) is 12.8 Å². The molecule has 3 nitrogen and oxygen atoms in total. The van der Waals surface area contributed by atoms with Gasteiger partial charge in [-0.3, -0.25) is 5.43 Å². The average Bonchev–Trinajstić information content (AvgIpc) is 2.36. The molecule has 12 heavy (non-hydrogen) atoms. The van der Waals surface area contributed by atoms with E-state index in [2.05, 4.69) is 10.9 Å². The first kappa shape index (κ1) is 10.3. The van der Waals surface area contributed by atoms with Gasteiger partial charge in [0.15, 0.2) is 0 Å². The van der Waals surface area contributed by atoms with E-state index in [0.717, 1.165) is 12.8 Å². The second-order valence-corrected chi connectivity index (χ2v) is 3.74. The SMILES string of the molecule is Cl.OC1CNNC12CCCCC2. The van der Waals surface area contributed by atoms with Gasteiger partial charge in [-0.1, -0.05) is 19.3 Å². The Hall–Kier alpha value is 0.170. The van der Waals surface area contributed by atoms with Crippen LogP contribution in [0.15, 0.2) is 0 Å². The van der Waals surface area contributed by atoms with Gasteiger partial charge in [0.05, 0.1) is 11.6 Å². The molecule has 1 heterocycles. The third-order valence-corrected chi connectivity index (χ3v) is 3.02. The van der Waals surface area contributed by atoms with Gasteiger partial charge in [-0.15, -0.1) is 12.4 Å². The maximum atomic E-state index is 9.68. The van der Waals surface area contributed by atoms with Crippen molar-refractivity contribution in [3.63, 3.8) is 0 Å². The van der Waals surface area contributed by atoms with Crippen molar-refractivity contribution in [2.45, 2.75) is 43.7 Å². The van der Waals surface area contributed by atoms with Crippen molar-refractivity contribution in [3.05, 3.63) is 0 Å². The van der Waals surface area contributed by atoms with Gasteiger partial charge in [0.1, 0.15) is 0 Å². The summed E-state index contributed by atoms with van der Waals surface area (Å²) in [7, 11) is 0. The molecule has 3 N–H and O–H groups in total. The second-order valence-electron chi connectivity index (χ2n) is 3.74. The van der Waals surface area contributed by atoms with E-state index < -0.39 is 0 Å². The summed E-state index contributed by atoms with van der Waals surface area (Å²) in [6.07, 6.45) is 5.92. The third kappa shape index (κ3) is 1.59. The number of halogens is 1. The molecule has 72 valence electrons. The molecule has 1 aliphatic heterocycles. The Morgan fingerprint density at radius 1 is 1.17 bits per heavy atom. The first-order valence-corrected chi connectivity index (χ1v) is 4.52. The van der Waals surface area contributed by atoms with Gasteiger partial charge in [-0.25, -0.2) is 5.43 Å². The van der Waals surface area contributed by atoms with Crippen molar-refractivity contribution in [2.24, 2.45) is 0 Å². The number of hydrazine groups is 1. The number of aliphatic hydroxyl groups is 1. The Bertz CT molecular complexity index is 148. The van der Waals surface area contributed by atoms with Gasteiger partial charge in [0, 0.05) is 6.54 Å². The zero-order valence-electron chi connectivity index (χ0n) is 7.18. The highest BCUT2D eigenvalue weighted by Crippen LogP contribution is 2.32. The summed E-state index contributed by atoms with van der Waals surface area (Å²) >= 11 is 0. The normalized spacial score (nSPS) is 33.2. The van der Waals surface area contributed by atoms with Crippen LogP contribution in [0.5, 0.6) is 0 Å². The van der Waals surface area contributed by atoms with Gasteiger partial charge in [0.25, 0.3) is 0 Å². The summed E-state index contributed by atoms with van der Waals surface area (Å²) in [5, 5.41) is 9.68. The molecule has 2 aliphatic rings. The van der Waals surface area contributed by atoms with Crippen molar-refractivity contribution in [3.8, 4) is 0 Å². The van der Waals surface area contributed by atoms with Crippen LogP contribution in [0.25, 0.3) is 0 Å². The lowest BCUT2D eigenvalue weighted by Gasteiger charge is -2.35. The van der Waals surface area contributed by atoms with Gasteiger partial charge in [0.2, 0.25) is 0 Å². The molecule has 4 heteroatoms. The molecule has 0 radical (unpaired) electrons. The highest BCUT2D eigenvalue weighted by Gasteiger charge is 2.42. The minimum Gasteiger partial charge on any atom is -0.390 e. The number of hydrogen-bond acceptors (Lipinski definition) is 3. The lowest BCUT2D eigenvalue weighted by atomic mass is 9.79. The van der Waals surface area contributed by atoms with E-state index in [-0.39, 0.29) is 24.0 Å². The van der Waals surface area contributed by atoms with Crippen molar-refractivity contribution in [1.29, 1.82) is 0 Å². The first-order chi connectivity index (χ1) is 5.33. The molecular formula is C8H17ClN2O. The maximum Gasteiger partial charge on any atom is 0.0872 e. The second kappa shape index (κ2) is 3.92. The number of rotatable bonds is 0. The fourth-order valence-electron chi connectivity index (χ4n) is 2.24. The molecule has 0 aromatic rings. The largest absolute Gasteiger partial charge is 0.390 e. The summed E-state index contributed by atoms with van der Waals surface area (Å²) in [6.45, 7) is 0.708. The summed E-state index contributed by atoms with van der Waals surface area (Å²) in [5.41, 5.74) is 6.28. The van der Waals surface area contributed by atoms with Crippen LogP contribution in [0.1, 0.15) is 32.1 Å². The van der Waals surface area contributed by atoms with E-state index in [0.29, 0.717) is 6.54 Å². The molecule has 0 amide bonds. The Morgan fingerprint density at radius 3 is 2.33 bits per heavy atom. The summed E-state index contributed by atoms with van der Waals surface area (Å²) < 4.78 is 0. The van der Waals surface area contributed by atoms with Crippen LogP contribution < -0.4 is 10.9 Å². The Labute approximate surface area is 79.3 Å². The predicted octanol–water partition coefficient (Wildman–Crippen LogP) is 0.580. The lowest BCUT2D eigenvalue weighted by molar-refractivity contribution is 0.0777. The molecule has 0 aromatic carbocycles. The summed E-state index contributed by atoms with van der Waals surface area (Å²) in [5.74, 6) is 0. The van der Waals surface area contributed by atoms with E-state index in [1.54, 1.807) is 0 Å². The van der Waals surface area contributed by atoms with Crippen LogP contribution in [0.3, 0.4) is 0 Å². The van der Waals surface area contributed by atoms with E-state index in [1.807, 2.05) is 0 Å². The zero-order chi connectivity index (χ0) is 7.73. The molecule has 1 unspecified atom stereocenters. The molecule has 1 saturated carbocycles. The van der Waals surface area contributed by atoms with Gasteiger partial charge >= 0.3 is 0 Å². The van der Waals surface area contributed by atoms with Crippen LogP contribution in [0.2, 0.25) is 0 Å². The predicted molar refractivity (Wildman–Crippen MR) is 50.2 cm³/mol. The van der Waals surface area contributed by atoms with Crippen LogP contribution in [-0.2, 0) is 0 Å². The minimum absolute atomic E-state index is 0. The molecule has 2 rings (SSSR count). The highest BCUT2D eigenvalue weighted by molar-refractivity contribution is 5.85. The van der Waals surface area contributed by atoms with Gasteiger partial charge in [-0.2, -0.15) is 0 Å². The molecule has 2 fully saturated rings. The van der Waals surface area contributed by atoms with Crippen molar-refractivity contribution in [1.82, 2.24) is 10.9 Å². The molecular weight excluding hydrogens is 176 g/mol. The van der Waals surface area contributed by atoms with Gasteiger partial charge < -0.3 is 5.11 Å². The number of β-amino-alcohol motifs (C(OH)–C–C–N with tert-alkyl or cyclic N) is 1. The van der Waals surface area contributed by atoms with Crippen LogP contribution in [0, 0.1) is 0 Å². The molecule has 1 spiro atoms. The smallest absolute Gasteiger partial charge is 0.0872 e. The van der Waals surface area contributed by atoms with Crippen LogP contribution in [-0.4, -0.2) is 23.3 Å². The van der Waals surface area contributed by atoms with E-state index >= 15 is 0 Å². The quantitative estimate of drug-likeness (QED) is 0.526. The average molecular weight is 193 g/mol. The van der Waals surface area contributed by atoms with E-state index in [4.69, 9.17) is 0 Å². The van der Waals surface area contributed by atoms with E-state index in [9.17, 15) is 5.11 Å². The number of nitrogens with one attached hydrogen (secondary N) is 2. The fraction of sp³-hybridized carbons (Fsp3) is 1.00. The maximum absolute atomic E-state index is 9.68. The van der Waals surface area contributed by atoms with Crippen LogP contribution >= 0.6 is 12.4 Å². The highest BCUT2D eigenvalue weighted by atomic mass is 35.5. The topological polar surface area (TPSA) is 44.3 Å². The lowest BCUT2D eigenvalue weighted by Crippen LogP contribution is -2.50. The minimum atomic E-state index is -0.178. The summed E-state index contributed by atoms with van der Waals surface area (Å²) in [6, 6.07) is 0. The molecule has 1 aliphatic carbocycles. The van der Waals surface area contributed by atoms with Crippen LogP contribution in [0.4, 0.5) is 0 Å². The molecule has 1 saturated heterocycles. The zero-order valence-corrected chi connectivity index (χ0v) is 7.99. The van der Waals surface area contributed by atoms with Crippen molar-refractivity contribution < 1.29 is 5.11 Å². The summed E-state index contributed by atoms with van der Waals surface area (Å²) in [4.78, 5) is 0. The van der Waals surface area contributed by atoms with Crippen molar-refractivity contribution in [2.75, 3.05) is 6.54 Å². The molecule has 1 atom stereocenters. The van der Waals surface area contributed by atoms with E-state index in [1.165, 1.54) is 19.3 Å². The standard InChI is InChI=1S/C8H16N2O.ClH/c11-7-6-9-10-8(7)4-2-1-3-5-8;/h7,9-11H,1-6H2;1H. The Balaban J connectivity index is 0.000000720. The monoisotopic (exact) mass is 192 g/mol. The fourth-order valence-corrected chi connectivity index (χ4v) is 2.24. The molecule has 0 bridgehead atoms.